The van der Waals surface area contributed by atoms with Crippen LogP contribution < -0.4 is 10.6 Å². The first kappa shape index (κ1) is 15.7. The zero-order chi connectivity index (χ0) is 14.4. The highest BCUT2D eigenvalue weighted by Gasteiger charge is 2.35. The maximum atomic E-state index is 12.3. The van der Waals surface area contributed by atoms with E-state index in [0.717, 1.165) is 45.6 Å². The number of hydrogen-bond acceptors (Lipinski definition) is 4. The van der Waals surface area contributed by atoms with E-state index in [-0.39, 0.29) is 23.3 Å². The lowest BCUT2D eigenvalue weighted by Gasteiger charge is -2.34. The molecule has 2 N–H and O–H groups in total. The normalized spacial score (nSPS) is 29.3. The lowest BCUT2D eigenvalue weighted by atomic mass is 9.82. The molecule has 0 saturated carbocycles. The largest absolute Gasteiger partial charge is 0.381 e. The molecule has 0 aromatic rings. The van der Waals surface area contributed by atoms with Crippen LogP contribution in [0, 0.1) is 11.3 Å². The minimum absolute atomic E-state index is 0.0509. The van der Waals surface area contributed by atoms with Gasteiger partial charge in [-0.1, -0.05) is 13.8 Å². The number of ether oxygens (including phenoxy) is 2. The third-order valence-electron chi connectivity index (χ3n) is 4.46. The minimum Gasteiger partial charge on any atom is -0.381 e. The molecule has 2 rings (SSSR count). The third kappa shape index (κ3) is 4.17. The summed E-state index contributed by atoms with van der Waals surface area (Å²) in [5, 5.41) is 6.53. The van der Waals surface area contributed by atoms with E-state index in [1.807, 2.05) is 0 Å². The zero-order valence-corrected chi connectivity index (χ0v) is 12.7. The Balaban J connectivity index is 1.78. The topological polar surface area (TPSA) is 59.6 Å². The first-order valence-electron chi connectivity index (χ1n) is 7.81. The second-order valence-corrected chi connectivity index (χ2v) is 6.35. The molecule has 0 radical (unpaired) electrons. The van der Waals surface area contributed by atoms with Gasteiger partial charge in [-0.3, -0.25) is 4.79 Å². The average Bonchev–Trinajstić information content (AvgIpc) is 2.92. The smallest absolute Gasteiger partial charge is 0.227 e. The molecule has 20 heavy (non-hydrogen) atoms. The van der Waals surface area contributed by atoms with Crippen LogP contribution in [-0.4, -0.2) is 51.5 Å². The summed E-state index contributed by atoms with van der Waals surface area (Å²) in [6.45, 7) is 8.83. The van der Waals surface area contributed by atoms with Crippen molar-refractivity contribution in [1.29, 1.82) is 0 Å². The number of carbonyl (C=O) groups is 1. The van der Waals surface area contributed by atoms with Gasteiger partial charge >= 0.3 is 0 Å². The molecule has 2 heterocycles. The Kier molecular flexibility index (Phi) is 5.81. The van der Waals surface area contributed by atoms with Gasteiger partial charge in [0.1, 0.15) is 0 Å². The van der Waals surface area contributed by atoms with Gasteiger partial charge in [0.15, 0.2) is 0 Å². The SMILES string of the molecule is CCCNC1COCC1C(=O)NCC1(C)CCOCC1. The van der Waals surface area contributed by atoms with Crippen molar-refractivity contribution < 1.29 is 14.3 Å². The summed E-state index contributed by atoms with van der Waals surface area (Å²) < 4.78 is 10.9. The number of hydrogen-bond donors (Lipinski definition) is 2. The molecule has 2 unspecified atom stereocenters. The standard InChI is InChI=1S/C15H28N2O3/c1-3-6-16-13-10-20-9-12(13)14(18)17-11-15(2)4-7-19-8-5-15/h12-13,16H,3-11H2,1-2H3,(H,17,18). The van der Waals surface area contributed by atoms with Gasteiger partial charge in [-0.05, 0) is 31.2 Å². The summed E-state index contributed by atoms with van der Waals surface area (Å²) in [5.41, 5.74) is 0.180. The fourth-order valence-electron chi connectivity index (χ4n) is 2.82. The maximum Gasteiger partial charge on any atom is 0.227 e. The van der Waals surface area contributed by atoms with E-state index < -0.39 is 0 Å². The Bertz CT molecular complexity index is 316. The van der Waals surface area contributed by atoms with Crippen molar-refractivity contribution >= 4 is 5.91 Å². The monoisotopic (exact) mass is 284 g/mol. The Morgan fingerprint density at radius 2 is 2.00 bits per heavy atom. The molecule has 2 saturated heterocycles. The summed E-state index contributed by atoms with van der Waals surface area (Å²) in [7, 11) is 0. The van der Waals surface area contributed by atoms with Gasteiger partial charge in [0, 0.05) is 25.8 Å². The van der Waals surface area contributed by atoms with E-state index in [4.69, 9.17) is 9.47 Å². The van der Waals surface area contributed by atoms with Crippen LogP contribution in [0.5, 0.6) is 0 Å². The first-order valence-corrected chi connectivity index (χ1v) is 7.81. The molecule has 116 valence electrons. The summed E-state index contributed by atoms with van der Waals surface area (Å²) in [6, 6.07) is 0.164. The minimum atomic E-state index is -0.0509. The maximum absolute atomic E-state index is 12.3. The molecule has 0 aromatic carbocycles. The molecule has 2 aliphatic rings. The molecule has 0 aliphatic carbocycles. The number of rotatable bonds is 6. The molecule has 2 atom stereocenters. The number of carbonyl (C=O) groups excluding carboxylic acids is 1. The van der Waals surface area contributed by atoms with Crippen LogP contribution in [0.25, 0.3) is 0 Å². The van der Waals surface area contributed by atoms with Crippen molar-refractivity contribution in [3.63, 3.8) is 0 Å². The van der Waals surface area contributed by atoms with Gasteiger partial charge in [0.05, 0.1) is 19.1 Å². The van der Waals surface area contributed by atoms with E-state index in [1.54, 1.807) is 0 Å². The molecule has 0 aromatic heterocycles. The second-order valence-electron chi connectivity index (χ2n) is 6.35. The highest BCUT2D eigenvalue weighted by Crippen LogP contribution is 2.28. The van der Waals surface area contributed by atoms with Crippen molar-refractivity contribution in [3.05, 3.63) is 0 Å². The van der Waals surface area contributed by atoms with E-state index in [0.29, 0.717) is 13.2 Å². The molecule has 5 heteroatoms. The van der Waals surface area contributed by atoms with Crippen LogP contribution in [0.4, 0.5) is 0 Å². The molecule has 0 bridgehead atoms. The highest BCUT2D eigenvalue weighted by molar-refractivity contribution is 5.79. The second kappa shape index (κ2) is 7.38. The van der Waals surface area contributed by atoms with Crippen LogP contribution >= 0.6 is 0 Å². The van der Waals surface area contributed by atoms with Crippen LogP contribution in [-0.2, 0) is 14.3 Å². The molecule has 2 aliphatic heterocycles. The van der Waals surface area contributed by atoms with Gasteiger partial charge in [-0.25, -0.2) is 0 Å². The molecule has 1 amide bonds. The Morgan fingerprint density at radius 3 is 2.70 bits per heavy atom. The van der Waals surface area contributed by atoms with Gasteiger partial charge in [0.25, 0.3) is 0 Å². The summed E-state index contributed by atoms with van der Waals surface area (Å²) in [5.74, 6) is 0.0776. The summed E-state index contributed by atoms with van der Waals surface area (Å²) in [6.07, 6.45) is 3.11. The molecule has 0 spiro atoms. The Labute approximate surface area is 121 Å². The van der Waals surface area contributed by atoms with Crippen LogP contribution in [0.3, 0.4) is 0 Å². The third-order valence-corrected chi connectivity index (χ3v) is 4.46. The van der Waals surface area contributed by atoms with E-state index in [9.17, 15) is 4.79 Å². The molecule has 5 nitrogen and oxygen atoms in total. The van der Waals surface area contributed by atoms with E-state index in [1.165, 1.54) is 0 Å². The quantitative estimate of drug-likeness (QED) is 0.762. The van der Waals surface area contributed by atoms with Crippen molar-refractivity contribution in [2.45, 2.75) is 39.2 Å². The predicted octanol–water partition coefficient (Wildman–Crippen LogP) is 0.934. The van der Waals surface area contributed by atoms with Gasteiger partial charge in [-0.2, -0.15) is 0 Å². The van der Waals surface area contributed by atoms with Crippen molar-refractivity contribution in [2.75, 3.05) is 39.5 Å². The van der Waals surface area contributed by atoms with Crippen molar-refractivity contribution in [1.82, 2.24) is 10.6 Å². The van der Waals surface area contributed by atoms with E-state index in [2.05, 4.69) is 24.5 Å². The predicted molar refractivity (Wildman–Crippen MR) is 77.6 cm³/mol. The average molecular weight is 284 g/mol. The Morgan fingerprint density at radius 1 is 1.25 bits per heavy atom. The van der Waals surface area contributed by atoms with Gasteiger partial charge < -0.3 is 20.1 Å². The van der Waals surface area contributed by atoms with Crippen LogP contribution in [0.2, 0.25) is 0 Å². The van der Waals surface area contributed by atoms with Gasteiger partial charge in [-0.15, -0.1) is 0 Å². The zero-order valence-electron chi connectivity index (χ0n) is 12.7. The summed E-state index contributed by atoms with van der Waals surface area (Å²) in [4.78, 5) is 12.3. The Hall–Kier alpha value is -0.650. The molecule has 2 fully saturated rings. The fourth-order valence-corrected chi connectivity index (χ4v) is 2.82. The van der Waals surface area contributed by atoms with Crippen LogP contribution in [0.1, 0.15) is 33.1 Å². The lowest BCUT2D eigenvalue weighted by molar-refractivity contribution is -0.126. The molecular formula is C15H28N2O3. The fraction of sp³-hybridized carbons (Fsp3) is 0.933. The summed E-state index contributed by atoms with van der Waals surface area (Å²) >= 11 is 0. The highest BCUT2D eigenvalue weighted by atomic mass is 16.5. The molecular weight excluding hydrogens is 256 g/mol. The van der Waals surface area contributed by atoms with Crippen molar-refractivity contribution in [3.8, 4) is 0 Å². The number of nitrogens with one attached hydrogen (secondary N) is 2. The lowest BCUT2D eigenvalue weighted by Crippen LogP contribution is -2.47. The van der Waals surface area contributed by atoms with Crippen molar-refractivity contribution in [2.24, 2.45) is 11.3 Å². The van der Waals surface area contributed by atoms with Gasteiger partial charge in [0.2, 0.25) is 5.91 Å². The van der Waals surface area contributed by atoms with E-state index >= 15 is 0 Å². The first-order chi connectivity index (χ1) is 9.64. The van der Waals surface area contributed by atoms with Crippen LogP contribution in [0.15, 0.2) is 0 Å². The number of amides is 1.